The van der Waals surface area contributed by atoms with Gasteiger partial charge in [0.25, 0.3) is 5.91 Å². The maximum absolute atomic E-state index is 14.2. The smallest absolute Gasteiger partial charge is 0.251 e. The van der Waals surface area contributed by atoms with Gasteiger partial charge in [0.15, 0.2) is 0 Å². The van der Waals surface area contributed by atoms with Gasteiger partial charge in [-0.2, -0.15) is 0 Å². The van der Waals surface area contributed by atoms with Gasteiger partial charge in [0, 0.05) is 29.2 Å². The molecule has 0 aromatic heterocycles. The first-order valence-electron chi connectivity index (χ1n) is 9.15. The van der Waals surface area contributed by atoms with Gasteiger partial charge in [-0.25, -0.2) is 8.78 Å². The van der Waals surface area contributed by atoms with Crippen LogP contribution in [0, 0.1) is 11.7 Å². The topological polar surface area (TPSA) is 41.1 Å². The normalized spacial score (nSPS) is 25.2. The Hall–Kier alpha value is -1.20. The number of carbonyl (C=O) groups excluding carboxylic acids is 1. The minimum absolute atomic E-state index is 0.0415. The number of alkyl halides is 1. The van der Waals surface area contributed by atoms with Gasteiger partial charge in [0.2, 0.25) is 0 Å². The summed E-state index contributed by atoms with van der Waals surface area (Å²) in [5, 5.41) is 6.34. The molecule has 138 valence electrons. The van der Waals surface area contributed by atoms with Crippen LogP contribution in [0.3, 0.4) is 0 Å². The quantitative estimate of drug-likeness (QED) is 0.786. The molecular formula is C19H25ClF2N2O. The standard InChI is InChI=1S/C19H25ClF2N2O/c20-14-6-13(7-15(21)8-14)19(25)24-17-9-16(10-17)23-11-18(22)12-4-2-1-3-5-12/h6-8,12,16-18,23H,1-5,9-11H2,(H,24,25)/t16-,17-,18?. The van der Waals surface area contributed by atoms with Crippen molar-refractivity contribution in [3.63, 3.8) is 0 Å². The molecule has 6 heteroatoms. The van der Waals surface area contributed by atoms with Crippen molar-refractivity contribution in [1.82, 2.24) is 10.6 Å². The second kappa shape index (κ2) is 8.45. The Labute approximate surface area is 152 Å². The Morgan fingerprint density at radius 2 is 1.88 bits per heavy atom. The number of nitrogens with one attached hydrogen (secondary N) is 2. The van der Waals surface area contributed by atoms with E-state index in [-0.39, 0.29) is 34.5 Å². The van der Waals surface area contributed by atoms with Gasteiger partial charge >= 0.3 is 0 Å². The summed E-state index contributed by atoms with van der Waals surface area (Å²) in [4.78, 5) is 12.1. The molecule has 0 spiro atoms. The highest BCUT2D eigenvalue weighted by atomic mass is 35.5. The molecule has 2 fully saturated rings. The van der Waals surface area contributed by atoms with Crippen molar-refractivity contribution in [2.24, 2.45) is 5.92 Å². The van der Waals surface area contributed by atoms with Crippen molar-refractivity contribution in [1.29, 1.82) is 0 Å². The molecule has 1 atom stereocenters. The Kier molecular flexibility index (Phi) is 6.29. The summed E-state index contributed by atoms with van der Waals surface area (Å²) in [6.07, 6.45) is 6.29. The molecule has 0 saturated heterocycles. The van der Waals surface area contributed by atoms with E-state index >= 15 is 0 Å². The van der Waals surface area contributed by atoms with E-state index in [4.69, 9.17) is 11.6 Å². The molecule has 2 aliphatic rings. The number of halogens is 3. The first kappa shape index (κ1) is 18.6. The number of carbonyl (C=O) groups is 1. The zero-order valence-electron chi connectivity index (χ0n) is 14.2. The Bertz CT molecular complexity index is 581. The fourth-order valence-electron chi connectivity index (χ4n) is 3.80. The summed E-state index contributed by atoms with van der Waals surface area (Å²) in [5.41, 5.74) is 0.225. The maximum atomic E-state index is 14.2. The first-order valence-corrected chi connectivity index (χ1v) is 9.53. The van der Waals surface area contributed by atoms with Crippen LogP contribution in [-0.2, 0) is 0 Å². The van der Waals surface area contributed by atoms with Gasteiger partial charge < -0.3 is 10.6 Å². The highest BCUT2D eigenvalue weighted by molar-refractivity contribution is 6.31. The van der Waals surface area contributed by atoms with Crippen LogP contribution >= 0.6 is 11.6 Å². The number of hydrogen-bond donors (Lipinski definition) is 2. The highest BCUT2D eigenvalue weighted by Gasteiger charge is 2.32. The third kappa shape index (κ3) is 5.14. The number of amides is 1. The molecule has 2 aliphatic carbocycles. The van der Waals surface area contributed by atoms with Crippen LogP contribution in [0.15, 0.2) is 18.2 Å². The molecule has 2 saturated carbocycles. The van der Waals surface area contributed by atoms with Crippen LogP contribution < -0.4 is 10.6 Å². The van der Waals surface area contributed by atoms with Gasteiger partial charge in [0.05, 0.1) is 0 Å². The molecule has 25 heavy (non-hydrogen) atoms. The third-order valence-corrected chi connectivity index (χ3v) is 5.58. The lowest BCUT2D eigenvalue weighted by atomic mass is 9.84. The Morgan fingerprint density at radius 3 is 2.56 bits per heavy atom. The Morgan fingerprint density at radius 1 is 1.16 bits per heavy atom. The Balaban J connectivity index is 1.37. The molecule has 0 radical (unpaired) electrons. The van der Waals surface area contributed by atoms with Crippen LogP contribution in [0.5, 0.6) is 0 Å². The third-order valence-electron chi connectivity index (χ3n) is 5.36. The maximum Gasteiger partial charge on any atom is 0.251 e. The predicted molar refractivity (Wildman–Crippen MR) is 95.2 cm³/mol. The van der Waals surface area contributed by atoms with Gasteiger partial charge in [-0.15, -0.1) is 0 Å². The molecule has 3 nitrogen and oxygen atoms in total. The van der Waals surface area contributed by atoms with Gasteiger partial charge in [-0.05, 0) is 49.8 Å². The van der Waals surface area contributed by atoms with E-state index in [0.29, 0.717) is 6.54 Å². The summed E-state index contributed by atoms with van der Waals surface area (Å²) in [5.74, 6) is -0.646. The van der Waals surface area contributed by atoms with E-state index in [1.54, 1.807) is 0 Å². The molecule has 2 N–H and O–H groups in total. The summed E-state index contributed by atoms with van der Waals surface area (Å²) < 4.78 is 27.5. The van der Waals surface area contributed by atoms with Crippen LogP contribution in [0.1, 0.15) is 55.3 Å². The second-order valence-electron chi connectivity index (χ2n) is 7.32. The van der Waals surface area contributed by atoms with E-state index < -0.39 is 12.0 Å². The minimum Gasteiger partial charge on any atom is -0.349 e. The van der Waals surface area contributed by atoms with Crippen LogP contribution in [-0.4, -0.2) is 30.7 Å². The lowest BCUT2D eigenvalue weighted by Crippen LogP contribution is -2.53. The van der Waals surface area contributed by atoms with Crippen LogP contribution in [0.25, 0.3) is 0 Å². The van der Waals surface area contributed by atoms with Crippen molar-refractivity contribution in [3.05, 3.63) is 34.6 Å². The lowest BCUT2D eigenvalue weighted by molar-refractivity contribution is 0.0895. The van der Waals surface area contributed by atoms with E-state index in [0.717, 1.165) is 38.5 Å². The molecular weight excluding hydrogens is 346 g/mol. The van der Waals surface area contributed by atoms with Crippen molar-refractivity contribution in [2.75, 3.05) is 6.54 Å². The fourth-order valence-corrected chi connectivity index (χ4v) is 4.02. The molecule has 1 aromatic rings. The number of hydrogen-bond acceptors (Lipinski definition) is 2. The van der Waals surface area contributed by atoms with Crippen molar-refractivity contribution in [3.8, 4) is 0 Å². The van der Waals surface area contributed by atoms with Gasteiger partial charge in [-0.3, -0.25) is 4.79 Å². The fraction of sp³-hybridized carbons (Fsp3) is 0.632. The van der Waals surface area contributed by atoms with Gasteiger partial charge in [0.1, 0.15) is 12.0 Å². The lowest BCUT2D eigenvalue weighted by Gasteiger charge is -2.37. The zero-order valence-corrected chi connectivity index (χ0v) is 15.0. The monoisotopic (exact) mass is 370 g/mol. The summed E-state index contributed by atoms with van der Waals surface area (Å²) in [6.45, 7) is 0.398. The molecule has 1 aromatic carbocycles. The van der Waals surface area contributed by atoms with Crippen LogP contribution in [0.4, 0.5) is 8.78 Å². The first-order chi connectivity index (χ1) is 12.0. The van der Waals surface area contributed by atoms with Crippen molar-refractivity contribution < 1.29 is 13.6 Å². The average molecular weight is 371 g/mol. The molecule has 1 amide bonds. The summed E-state index contributed by atoms with van der Waals surface area (Å²) >= 11 is 5.77. The van der Waals surface area contributed by atoms with E-state index in [1.807, 2.05) is 0 Å². The number of benzene rings is 1. The second-order valence-corrected chi connectivity index (χ2v) is 7.76. The number of rotatable bonds is 6. The van der Waals surface area contributed by atoms with E-state index in [2.05, 4.69) is 10.6 Å². The van der Waals surface area contributed by atoms with Crippen LogP contribution in [0.2, 0.25) is 5.02 Å². The van der Waals surface area contributed by atoms with Crippen molar-refractivity contribution in [2.45, 2.75) is 63.2 Å². The minimum atomic E-state index is -0.775. The SMILES string of the molecule is O=C(N[C@H]1C[C@H](NCC(F)C2CCCCC2)C1)c1cc(F)cc(Cl)c1. The summed E-state index contributed by atoms with van der Waals surface area (Å²) in [7, 11) is 0. The zero-order chi connectivity index (χ0) is 17.8. The predicted octanol–water partition coefficient (Wildman–Crippen LogP) is 4.25. The van der Waals surface area contributed by atoms with E-state index in [1.165, 1.54) is 24.6 Å². The molecule has 0 bridgehead atoms. The van der Waals surface area contributed by atoms with E-state index in [9.17, 15) is 13.6 Å². The molecule has 3 rings (SSSR count). The largest absolute Gasteiger partial charge is 0.349 e. The molecule has 1 unspecified atom stereocenters. The average Bonchev–Trinajstić information content (AvgIpc) is 2.56. The molecule has 0 heterocycles. The summed E-state index contributed by atoms with van der Waals surface area (Å²) in [6, 6.07) is 4.07. The highest BCUT2D eigenvalue weighted by Crippen LogP contribution is 2.28. The van der Waals surface area contributed by atoms with Gasteiger partial charge in [-0.1, -0.05) is 30.9 Å². The van der Waals surface area contributed by atoms with Crippen molar-refractivity contribution >= 4 is 17.5 Å². The molecule has 0 aliphatic heterocycles.